The third-order valence-electron chi connectivity index (χ3n) is 3.74. The monoisotopic (exact) mass is 328 g/mol. The molecule has 0 saturated carbocycles. The van der Waals surface area contributed by atoms with E-state index in [4.69, 9.17) is 0 Å². The molecule has 0 aromatic heterocycles. The van der Waals surface area contributed by atoms with Crippen LogP contribution in [0.3, 0.4) is 0 Å². The number of hydrogen-bond donors (Lipinski definition) is 1. The average molecular weight is 328 g/mol. The number of halogens is 1. The van der Waals surface area contributed by atoms with Crippen LogP contribution in [0.25, 0.3) is 0 Å². The molecule has 0 saturated heterocycles. The van der Waals surface area contributed by atoms with Gasteiger partial charge in [-0.2, -0.15) is 0 Å². The normalized spacial score (nSPS) is 10.4. The molecule has 24 heavy (non-hydrogen) atoms. The molecule has 5 heteroatoms. The van der Waals surface area contributed by atoms with Gasteiger partial charge in [0.25, 0.3) is 0 Å². The van der Waals surface area contributed by atoms with Gasteiger partial charge in [0.1, 0.15) is 12.4 Å². The fourth-order valence-corrected chi connectivity index (χ4v) is 2.73. The maximum Gasteiger partial charge on any atom is 0.244 e. The van der Waals surface area contributed by atoms with Gasteiger partial charge in [-0.25, -0.2) is 4.39 Å². The van der Waals surface area contributed by atoms with E-state index in [-0.39, 0.29) is 18.4 Å². The predicted molar refractivity (Wildman–Crippen MR) is 93.7 cm³/mol. The van der Waals surface area contributed by atoms with E-state index in [1.165, 1.54) is 30.0 Å². The van der Waals surface area contributed by atoms with Gasteiger partial charge in [0.05, 0.1) is 0 Å². The Morgan fingerprint density at radius 3 is 2.25 bits per heavy atom. The number of hydrogen-bond acceptors (Lipinski definition) is 2. The fraction of sp³-hybridized carbons (Fsp3) is 0.263. The lowest BCUT2D eigenvalue weighted by Gasteiger charge is -2.21. The Hall–Kier alpha value is -2.69. The molecule has 0 spiro atoms. The van der Waals surface area contributed by atoms with Crippen molar-refractivity contribution in [1.82, 2.24) is 0 Å². The molecule has 0 unspecified atom stereocenters. The first-order valence-corrected chi connectivity index (χ1v) is 7.69. The molecule has 2 aromatic rings. The highest BCUT2D eigenvalue weighted by atomic mass is 19.1. The minimum Gasteiger partial charge on any atom is -0.324 e. The Morgan fingerprint density at radius 1 is 1.08 bits per heavy atom. The molecule has 0 radical (unpaired) electrons. The van der Waals surface area contributed by atoms with E-state index in [9.17, 15) is 14.0 Å². The zero-order valence-electron chi connectivity index (χ0n) is 14.3. The van der Waals surface area contributed by atoms with E-state index in [1.54, 1.807) is 6.07 Å². The predicted octanol–water partition coefficient (Wildman–Crippen LogP) is 3.74. The van der Waals surface area contributed by atoms with Crippen molar-refractivity contribution in [2.24, 2.45) is 0 Å². The highest BCUT2D eigenvalue weighted by Gasteiger charge is 2.17. The Bertz CT molecular complexity index is 764. The molecule has 0 fully saturated rings. The largest absolute Gasteiger partial charge is 0.324 e. The number of amides is 2. The maximum atomic E-state index is 13.4. The molecule has 0 aliphatic rings. The van der Waals surface area contributed by atoms with Crippen LogP contribution in [0.2, 0.25) is 0 Å². The molecule has 2 amide bonds. The summed E-state index contributed by atoms with van der Waals surface area (Å²) in [4.78, 5) is 25.5. The van der Waals surface area contributed by atoms with Gasteiger partial charge in [0.2, 0.25) is 11.8 Å². The summed E-state index contributed by atoms with van der Waals surface area (Å²) in [7, 11) is 0. The zero-order valence-corrected chi connectivity index (χ0v) is 14.3. The van der Waals surface area contributed by atoms with Gasteiger partial charge >= 0.3 is 0 Å². The second kappa shape index (κ2) is 7.25. The summed E-state index contributed by atoms with van der Waals surface area (Å²) in [6.07, 6.45) is 0. The summed E-state index contributed by atoms with van der Waals surface area (Å²) >= 11 is 0. The summed E-state index contributed by atoms with van der Waals surface area (Å²) in [6.45, 7) is 7.01. The standard InChI is InChI=1S/C19H21FN2O2/c1-12-8-13(2)19(14(3)9-12)21-18(24)11-22(15(4)23)17-7-5-6-16(20)10-17/h5-10H,11H2,1-4H3,(H,21,24). The van der Waals surface area contributed by atoms with Gasteiger partial charge in [-0.05, 0) is 50.1 Å². The highest BCUT2D eigenvalue weighted by Crippen LogP contribution is 2.22. The molecule has 0 aliphatic heterocycles. The van der Waals surface area contributed by atoms with E-state index in [0.29, 0.717) is 5.69 Å². The number of benzene rings is 2. The van der Waals surface area contributed by atoms with Crippen LogP contribution >= 0.6 is 0 Å². The van der Waals surface area contributed by atoms with Crippen LogP contribution in [0.5, 0.6) is 0 Å². The first-order valence-electron chi connectivity index (χ1n) is 7.69. The molecule has 2 aromatic carbocycles. The van der Waals surface area contributed by atoms with Crippen LogP contribution in [0.1, 0.15) is 23.6 Å². The molecular formula is C19H21FN2O2. The van der Waals surface area contributed by atoms with Crippen LogP contribution in [0, 0.1) is 26.6 Å². The number of anilines is 2. The lowest BCUT2D eigenvalue weighted by Crippen LogP contribution is -2.37. The van der Waals surface area contributed by atoms with Crippen LogP contribution in [0.15, 0.2) is 36.4 Å². The van der Waals surface area contributed by atoms with Gasteiger partial charge in [0.15, 0.2) is 0 Å². The van der Waals surface area contributed by atoms with Crippen molar-refractivity contribution >= 4 is 23.2 Å². The van der Waals surface area contributed by atoms with Crippen molar-refractivity contribution in [1.29, 1.82) is 0 Å². The summed E-state index contributed by atoms with van der Waals surface area (Å²) in [5.41, 5.74) is 4.14. The SMILES string of the molecule is CC(=O)N(CC(=O)Nc1c(C)cc(C)cc1C)c1cccc(F)c1. The molecule has 1 N–H and O–H groups in total. The van der Waals surface area contributed by atoms with Gasteiger partial charge in [-0.15, -0.1) is 0 Å². The lowest BCUT2D eigenvalue weighted by molar-refractivity contribution is -0.120. The molecule has 4 nitrogen and oxygen atoms in total. The maximum absolute atomic E-state index is 13.4. The minimum absolute atomic E-state index is 0.175. The molecule has 126 valence electrons. The Kier molecular flexibility index (Phi) is 5.34. The van der Waals surface area contributed by atoms with Crippen molar-refractivity contribution in [2.75, 3.05) is 16.8 Å². The van der Waals surface area contributed by atoms with Gasteiger partial charge < -0.3 is 10.2 Å². The number of nitrogens with zero attached hydrogens (tertiary/aromatic N) is 1. The van der Waals surface area contributed by atoms with E-state index in [1.807, 2.05) is 32.9 Å². The average Bonchev–Trinajstić information content (AvgIpc) is 2.48. The number of carbonyl (C=O) groups is 2. The quantitative estimate of drug-likeness (QED) is 0.929. The number of rotatable bonds is 4. The zero-order chi connectivity index (χ0) is 17.9. The van der Waals surface area contributed by atoms with Crippen molar-refractivity contribution in [3.8, 4) is 0 Å². The second-order valence-corrected chi connectivity index (χ2v) is 5.91. The molecular weight excluding hydrogens is 307 g/mol. The van der Waals surface area contributed by atoms with Crippen LogP contribution in [0.4, 0.5) is 15.8 Å². The van der Waals surface area contributed by atoms with E-state index in [2.05, 4.69) is 5.32 Å². The topological polar surface area (TPSA) is 49.4 Å². The van der Waals surface area contributed by atoms with E-state index < -0.39 is 5.82 Å². The van der Waals surface area contributed by atoms with Gasteiger partial charge in [-0.3, -0.25) is 9.59 Å². The van der Waals surface area contributed by atoms with Crippen molar-refractivity contribution in [3.63, 3.8) is 0 Å². The van der Waals surface area contributed by atoms with Gasteiger partial charge in [0, 0.05) is 18.3 Å². The number of carbonyl (C=O) groups excluding carboxylic acids is 2. The Balaban J connectivity index is 2.19. The number of nitrogens with one attached hydrogen (secondary N) is 1. The Labute approximate surface area is 141 Å². The first-order chi connectivity index (χ1) is 11.3. The number of aryl methyl sites for hydroxylation is 3. The summed E-state index contributed by atoms with van der Waals surface area (Å²) in [5.74, 6) is -1.11. The van der Waals surface area contributed by atoms with Crippen molar-refractivity contribution in [2.45, 2.75) is 27.7 Å². The van der Waals surface area contributed by atoms with E-state index >= 15 is 0 Å². The second-order valence-electron chi connectivity index (χ2n) is 5.91. The molecule has 0 heterocycles. The molecule has 0 aliphatic carbocycles. The van der Waals surface area contributed by atoms with Gasteiger partial charge in [-0.1, -0.05) is 23.8 Å². The summed E-state index contributed by atoms with van der Waals surface area (Å²) in [5, 5.41) is 2.85. The van der Waals surface area contributed by atoms with Crippen LogP contribution in [-0.4, -0.2) is 18.4 Å². The fourth-order valence-electron chi connectivity index (χ4n) is 2.73. The molecule has 2 rings (SSSR count). The third-order valence-corrected chi connectivity index (χ3v) is 3.74. The van der Waals surface area contributed by atoms with Crippen LogP contribution < -0.4 is 10.2 Å². The summed E-state index contributed by atoms with van der Waals surface area (Å²) < 4.78 is 13.4. The summed E-state index contributed by atoms with van der Waals surface area (Å²) in [6, 6.07) is 9.60. The van der Waals surface area contributed by atoms with Crippen molar-refractivity contribution in [3.05, 3.63) is 58.9 Å². The first kappa shape index (κ1) is 17.7. The molecule has 0 bridgehead atoms. The van der Waals surface area contributed by atoms with Crippen LogP contribution in [-0.2, 0) is 9.59 Å². The molecule has 0 atom stereocenters. The smallest absolute Gasteiger partial charge is 0.244 e. The van der Waals surface area contributed by atoms with Crippen molar-refractivity contribution < 1.29 is 14.0 Å². The lowest BCUT2D eigenvalue weighted by atomic mass is 10.1. The van der Waals surface area contributed by atoms with E-state index in [0.717, 1.165) is 22.4 Å². The third kappa shape index (κ3) is 4.19. The highest BCUT2D eigenvalue weighted by molar-refractivity contribution is 6.02. The minimum atomic E-state index is -0.454. The Morgan fingerprint density at radius 2 is 1.71 bits per heavy atom.